The summed E-state index contributed by atoms with van der Waals surface area (Å²) in [5.41, 5.74) is 0.950. The van der Waals surface area contributed by atoms with Crippen molar-refractivity contribution in [3.63, 3.8) is 0 Å². The zero-order valence-corrected chi connectivity index (χ0v) is 15.6. The highest BCUT2D eigenvalue weighted by Gasteiger charge is 2.23. The van der Waals surface area contributed by atoms with Crippen molar-refractivity contribution in [2.45, 2.75) is 19.3 Å². The van der Waals surface area contributed by atoms with Gasteiger partial charge in [0.25, 0.3) is 0 Å². The van der Waals surface area contributed by atoms with Crippen LogP contribution >= 0.6 is 0 Å². The number of hydrogen-bond donors (Lipinski definition) is 0. The highest BCUT2D eigenvalue weighted by Crippen LogP contribution is 2.20. The third-order valence-electron chi connectivity index (χ3n) is 4.44. The largest absolute Gasteiger partial charge is 0.441 e. The van der Waals surface area contributed by atoms with Crippen molar-refractivity contribution in [3.05, 3.63) is 42.4 Å². The summed E-state index contributed by atoms with van der Waals surface area (Å²) in [5, 5.41) is 0. The number of nitrogens with zero attached hydrogens (tertiary/aromatic N) is 3. The van der Waals surface area contributed by atoms with Crippen LogP contribution in [0.3, 0.4) is 0 Å². The Labute approximate surface area is 153 Å². The van der Waals surface area contributed by atoms with E-state index in [-0.39, 0.29) is 5.91 Å². The van der Waals surface area contributed by atoms with Gasteiger partial charge in [-0.25, -0.2) is 17.7 Å². The number of benzene rings is 1. The van der Waals surface area contributed by atoms with E-state index < -0.39 is 10.0 Å². The van der Waals surface area contributed by atoms with E-state index in [1.165, 1.54) is 10.6 Å². The van der Waals surface area contributed by atoms with E-state index in [4.69, 9.17) is 4.42 Å². The molecule has 1 aromatic carbocycles. The Hall–Kier alpha value is -2.19. The van der Waals surface area contributed by atoms with Gasteiger partial charge < -0.3 is 9.32 Å². The lowest BCUT2D eigenvalue weighted by molar-refractivity contribution is -0.131. The van der Waals surface area contributed by atoms with Gasteiger partial charge in [-0.05, 0) is 6.42 Å². The lowest BCUT2D eigenvalue weighted by Crippen LogP contribution is -2.37. The SMILES string of the molecule is CS(=O)(=O)N1CCCN(C(=O)CCc2ncc(-c3ccccc3)o2)CC1. The Kier molecular flexibility index (Phi) is 5.73. The van der Waals surface area contributed by atoms with Crippen LogP contribution < -0.4 is 0 Å². The second-order valence-electron chi connectivity index (χ2n) is 6.38. The van der Waals surface area contributed by atoms with Gasteiger partial charge in [-0.1, -0.05) is 30.3 Å². The Morgan fingerprint density at radius 1 is 1.15 bits per heavy atom. The fourth-order valence-electron chi connectivity index (χ4n) is 3.01. The Bertz CT molecular complexity index is 848. The molecule has 2 aromatic rings. The molecule has 8 heteroatoms. The molecule has 7 nitrogen and oxygen atoms in total. The molecule has 140 valence electrons. The first-order valence-corrected chi connectivity index (χ1v) is 10.5. The fourth-order valence-corrected chi connectivity index (χ4v) is 3.88. The van der Waals surface area contributed by atoms with E-state index in [1.54, 1.807) is 11.1 Å². The molecule has 1 aliphatic rings. The minimum Gasteiger partial charge on any atom is -0.441 e. The topological polar surface area (TPSA) is 83.7 Å². The van der Waals surface area contributed by atoms with Gasteiger partial charge >= 0.3 is 0 Å². The smallest absolute Gasteiger partial charge is 0.223 e. The first-order valence-electron chi connectivity index (χ1n) is 8.66. The molecule has 1 aliphatic heterocycles. The quantitative estimate of drug-likeness (QED) is 0.793. The first kappa shape index (κ1) is 18.6. The number of aromatic nitrogens is 1. The van der Waals surface area contributed by atoms with E-state index in [0.717, 1.165) is 5.56 Å². The highest BCUT2D eigenvalue weighted by molar-refractivity contribution is 7.88. The maximum Gasteiger partial charge on any atom is 0.223 e. The number of oxazole rings is 1. The molecular weight excluding hydrogens is 354 g/mol. The van der Waals surface area contributed by atoms with E-state index in [2.05, 4.69) is 4.98 Å². The van der Waals surface area contributed by atoms with Crippen LogP contribution in [-0.2, 0) is 21.2 Å². The molecule has 0 aliphatic carbocycles. The van der Waals surface area contributed by atoms with E-state index in [1.807, 2.05) is 30.3 Å². The molecule has 26 heavy (non-hydrogen) atoms. The van der Waals surface area contributed by atoms with E-state index >= 15 is 0 Å². The monoisotopic (exact) mass is 377 g/mol. The molecule has 0 radical (unpaired) electrons. The van der Waals surface area contributed by atoms with Gasteiger partial charge in [-0.2, -0.15) is 0 Å². The molecule has 1 aromatic heterocycles. The predicted octanol–water partition coefficient (Wildman–Crippen LogP) is 1.77. The summed E-state index contributed by atoms with van der Waals surface area (Å²) in [7, 11) is -3.21. The zero-order chi connectivity index (χ0) is 18.6. The molecule has 0 spiro atoms. The molecule has 1 saturated heterocycles. The molecular formula is C18H23N3O4S. The number of carbonyl (C=O) groups excluding carboxylic acids is 1. The summed E-state index contributed by atoms with van der Waals surface area (Å²) in [6.45, 7) is 1.81. The fraction of sp³-hybridized carbons (Fsp3) is 0.444. The van der Waals surface area contributed by atoms with Crippen LogP contribution in [0.2, 0.25) is 0 Å². The molecule has 0 N–H and O–H groups in total. The van der Waals surface area contributed by atoms with Crippen LogP contribution in [-0.4, -0.2) is 60.9 Å². The van der Waals surface area contributed by atoms with Crippen molar-refractivity contribution < 1.29 is 17.6 Å². The first-order chi connectivity index (χ1) is 12.4. The third kappa shape index (κ3) is 4.70. The number of carbonyl (C=O) groups is 1. The predicted molar refractivity (Wildman–Crippen MR) is 97.9 cm³/mol. The Morgan fingerprint density at radius 3 is 2.65 bits per heavy atom. The van der Waals surface area contributed by atoms with Crippen LogP contribution in [0.15, 0.2) is 40.9 Å². The molecule has 0 atom stereocenters. The van der Waals surface area contributed by atoms with Gasteiger partial charge in [0.1, 0.15) is 0 Å². The van der Waals surface area contributed by atoms with Crippen molar-refractivity contribution in [1.29, 1.82) is 0 Å². The van der Waals surface area contributed by atoms with Gasteiger partial charge in [-0.3, -0.25) is 4.79 Å². The summed E-state index contributed by atoms with van der Waals surface area (Å²) in [5.74, 6) is 1.22. The minimum atomic E-state index is -3.21. The molecule has 2 heterocycles. The maximum atomic E-state index is 12.4. The average Bonchev–Trinajstić information content (AvgIpc) is 2.94. The van der Waals surface area contributed by atoms with Gasteiger partial charge in [0.15, 0.2) is 11.7 Å². The summed E-state index contributed by atoms with van der Waals surface area (Å²) in [6.07, 6.45) is 4.25. The molecule has 1 fully saturated rings. The molecule has 3 rings (SSSR count). The second kappa shape index (κ2) is 8.01. The minimum absolute atomic E-state index is 0.000174. The van der Waals surface area contributed by atoms with Crippen molar-refractivity contribution in [1.82, 2.24) is 14.2 Å². The normalized spacial score (nSPS) is 16.4. The van der Waals surface area contributed by atoms with Gasteiger partial charge in [0.2, 0.25) is 15.9 Å². The van der Waals surface area contributed by atoms with Crippen molar-refractivity contribution >= 4 is 15.9 Å². The number of hydrogen-bond acceptors (Lipinski definition) is 5. The van der Waals surface area contributed by atoms with Crippen molar-refractivity contribution in [2.75, 3.05) is 32.4 Å². The van der Waals surface area contributed by atoms with Gasteiger partial charge in [-0.15, -0.1) is 0 Å². The van der Waals surface area contributed by atoms with Gasteiger partial charge in [0.05, 0.1) is 12.5 Å². The van der Waals surface area contributed by atoms with Crippen LogP contribution in [0.25, 0.3) is 11.3 Å². The lowest BCUT2D eigenvalue weighted by Gasteiger charge is -2.20. The third-order valence-corrected chi connectivity index (χ3v) is 5.74. The number of sulfonamides is 1. The van der Waals surface area contributed by atoms with E-state index in [9.17, 15) is 13.2 Å². The summed E-state index contributed by atoms with van der Waals surface area (Å²) >= 11 is 0. The number of rotatable bonds is 5. The number of aryl methyl sites for hydroxylation is 1. The van der Waals surface area contributed by atoms with Crippen LogP contribution in [0.4, 0.5) is 0 Å². The molecule has 0 saturated carbocycles. The lowest BCUT2D eigenvalue weighted by atomic mass is 10.2. The second-order valence-corrected chi connectivity index (χ2v) is 8.36. The number of amides is 1. The van der Waals surface area contributed by atoms with Gasteiger partial charge in [0, 0.05) is 44.6 Å². The molecule has 0 bridgehead atoms. The van der Waals surface area contributed by atoms with Crippen molar-refractivity contribution in [2.24, 2.45) is 0 Å². The van der Waals surface area contributed by atoms with E-state index in [0.29, 0.717) is 57.1 Å². The summed E-state index contributed by atoms with van der Waals surface area (Å²) in [4.78, 5) is 18.4. The Morgan fingerprint density at radius 2 is 1.92 bits per heavy atom. The van der Waals surface area contributed by atoms with Crippen LogP contribution in [0, 0.1) is 0 Å². The summed E-state index contributed by atoms with van der Waals surface area (Å²) in [6, 6.07) is 9.69. The highest BCUT2D eigenvalue weighted by atomic mass is 32.2. The molecule has 1 amide bonds. The molecule has 0 unspecified atom stereocenters. The zero-order valence-electron chi connectivity index (χ0n) is 14.8. The standard InChI is InChI=1S/C18H23N3O4S/c1-26(23,24)21-11-5-10-20(12-13-21)18(22)9-8-17-19-14-16(25-17)15-6-3-2-4-7-15/h2-4,6-7,14H,5,8-13H2,1H3. The maximum absolute atomic E-state index is 12.4. The Balaban J connectivity index is 1.54. The van der Waals surface area contributed by atoms with Crippen molar-refractivity contribution in [3.8, 4) is 11.3 Å². The van der Waals surface area contributed by atoms with Crippen LogP contribution in [0.1, 0.15) is 18.7 Å². The average molecular weight is 377 g/mol. The summed E-state index contributed by atoms with van der Waals surface area (Å²) < 4.78 is 30.5. The van der Waals surface area contributed by atoms with Crippen LogP contribution in [0.5, 0.6) is 0 Å².